The van der Waals surface area contributed by atoms with Gasteiger partial charge in [0.15, 0.2) is 0 Å². The zero-order chi connectivity index (χ0) is 20.9. The highest BCUT2D eigenvalue weighted by molar-refractivity contribution is 5.83. The van der Waals surface area contributed by atoms with E-state index in [4.69, 9.17) is 4.52 Å². The Morgan fingerprint density at radius 2 is 1.80 bits per heavy atom. The summed E-state index contributed by atoms with van der Waals surface area (Å²) in [6, 6.07) is 17.8. The van der Waals surface area contributed by atoms with E-state index in [0.717, 1.165) is 11.1 Å². The molecule has 4 aromatic rings. The Bertz CT molecular complexity index is 1140. The van der Waals surface area contributed by atoms with Gasteiger partial charge in [0.1, 0.15) is 6.04 Å². The fourth-order valence-corrected chi connectivity index (χ4v) is 3.39. The number of hydrogen-bond donors (Lipinski definition) is 1. The summed E-state index contributed by atoms with van der Waals surface area (Å²) in [5, 5.41) is 9.50. The van der Waals surface area contributed by atoms with Crippen LogP contribution < -0.4 is 5.32 Å². The summed E-state index contributed by atoms with van der Waals surface area (Å²) >= 11 is 0. The highest BCUT2D eigenvalue weighted by Gasteiger charge is 2.24. The molecule has 0 saturated heterocycles. The van der Waals surface area contributed by atoms with Crippen molar-refractivity contribution in [1.82, 2.24) is 20.4 Å². The van der Waals surface area contributed by atoms with Crippen molar-refractivity contribution in [2.75, 3.05) is 0 Å². The number of benzene rings is 2. The van der Waals surface area contributed by atoms with Crippen LogP contribution in [0.5, 0.6) is 0 Å². The summed E-state index contributed by atoms with van der Waals surface area (Å²) in [6.07, 6.45) is 4.43. The number of pyridine rings is 1. The molecule has 6 heteroatoms. The van der Waals surface area contributed by atoms with Gasteiger partial charge in [-0.25, -0.2) is 0 Å². The highest BCUT2D eigenvalue weighted by Crippen LogP contribution is 2.24. The number of aromatic nitrogens is 3. The Labute approximate surface area is 175 Å². The molecular formula is C24H24N4O2. The third-order valence-corrected chi connectivity index (χ3v) is 5.08. The molecule has 1 atom stereocenters. The molecule has 0 radical (unpaired) electrons. The summed E-state index contributed by atoms with van der Waals surface area (Å²) in [6.45, 7) is 4.04. The van der Waals surface area contributed by atoms with E-state index < -0.39 is 0 Å². The lowest BCUT2D eigenvalue weighted by atomic mass is 10.0. The maximum atomic E-state index is 12.6. The molecule has 1 unspecified atom stereocenters. The number of aryl methyl sites for hydroxylation is 1. The van der Waals surface area contributed by atoms with Gasteiger partial charge >= 0.3 is 0 Å². The Hall–Kier alpha value is -3.54. The van der Waals surface area contributed by atoms with Crippen LogP contribution in [-0.2, 0) is 11.2 Å². The summed E-state index contributed by atoms with van der Waals surface area (Å²) in [7, 11) is 0. The van der Waals surface area contributed by atoms with Gasteiger partial charge in [0.05, 0.1) is 0 Å². The van der Waals surface area contributed by atoms with Crippen LogP contribution in [0.2, 0.25) is 0 Å². The number of nitrogens with one attached hydrogen (secondary N) is 1. The number of amides is 1. The smallest absolute Gasteiger partial charge is 0.249 e. The molecule has 0 aliphatic carbocycles. The van der Waals surface area contributed by atoms with Crippen molar-refractivity contribution in [2.45, 2.75) is 32.7 Å². The Morgan fingerprint density at radius 3 is 2.57 bits per heavy atom. The zero-order valence-electron chi connectivity index (χ0n) is 17.1. The molecule has 1 amide bonds. The molecule has 6 nitrogen and oxygen atoms in total. The van der Waals surface area contributed by atoms with Crippen LogP contribution in [0.25, 0.3) is 22.2 Å². The molecule has 0 spiro atoms. The monoisotopic (exact) mass is 400 g/mol. The molecule has 0 aliphatic heterocycles. The summed E-state index contributed by atoms with van der Waals surface area (Å²) < 4.78 is 5.46. The Morgan fingerprint density at radius 1 is 1.03 bits per heavy atom. The maximum absolute atomic E-state index is 12.6. The maximum Gasteiger partial charge on any atom is 0.249 e. The first-order chi connectivity index (χ1) is 14.6. The first kappa shape index (κ1) is 19.8. The van der Waals surface area contributed by atoms with E-state index in [1.807, 2.05) is 38.1 Å². The number of hydrogen-bond acceptors (Lipinski definition) is 5. The van der Waals surface area contributed by atoms with Gasteiger partial charge in [0, 0.05) is 24.4 Å². The zero-order valence-corrected chi connectivity index (χ0v) is 17.1. The molecule has 2 aromatic heterocycles. The van der Waals surface area contributed by atoms with Gasteiger partial charge in [-0.3, -0.25) is 9.78 Å². The molecule has 0 aliphatic rings. The fourth-order valence-electron chi connectivity index (χ4n) is 3.39. The van der Waals surface area contributed by atoms with Gasteiger partial charge < -0.3 is 9.84 Å². The second-order valence-corrected chi connectivity index (χ2v) is 7.66. The Balaban J connectivity index is 1.41. The van der Waals surface area contributed by atoms with Crippen molar-refractivity contribution in [3.05, 3.63) is 78.4 Å². The molecule has 0 bridgehead atoms. The van der Waals surface area contributed by atoms with Gasteiger partial charge in [-0.2, -0.15) is 4.98 Å². The van der Waals surface area contributed by atoms with E-state index in [1.165, 1.54) is 10.8 Å². The van der Waals surface area contributed by atoms with Crippen molar-refractivity contribution in [3.63, 3.8) is 0 Å². The second-order valence-electron chi connectivity index (χ2n) is 7.66. The fraction of sp³-hybridized carbons (Fsp3) is 0.250. The minimum absolute atomic E-state index is 0.0366. The van der Waals surface area contributed by atoms with Crippen LogP contribution in [-0.4, -0.2) is 21.0 Å². The van der Waals surface area contributed by atoms with E-state index >= 15 is 0 Å². The average Bonchev–Trinajstić information content (AvgIpc) is 3.26. The topological polar surface area (TPSA) is 80.9 Å². The average molecular weight is 400 g/mol. The minimum atomic E-state index is -0.336. The standard InChI is InChI=1S/C24H24N4O2/c1-16(2)22(24-27-23(28-30-24)19-11-13-25-14-12-19)26-21(29)10-8-17-7-9-18-5-3-4-6-20(18)15-17/h3-7,9,11-16,22H,8,10H2,1-2H3,(H,26,29). The van der Waals surface area contributed by atoms with Crippen molar-refractivity contribution in [2.24, 2.45) is 5.92 Å². The van der Waals surface area contributed by atoms with Crippen molar-refractivity contribution in [3.8, 4) is 11.4 Å². The van der Waals surface area contributed by atoms with Gasteiger partial charge in [-0.05, 0) is 40.8 Å². The number of rotatable bonds is 7. The first-order valence-electron chi connectivity index (χ1n) is 10.1. The molecule has 4 rings (SSSR count). The van der Waals surface area contributed by atoms with Crippen LogP contribution in [0.4, 0.5) is 0 Å². The van der Waals surface area contributed by atoms with E-state index in [9.17, 15) is 4.79 Å². The van der Waals surface area contributed by atoms with E-state index in [-0.39, 0.29) is 17.9 Å². The summed E-state index contributed by atoms with van der Waals surface area (Å²) in [5.41, 5.74) is 1.97. The third-order valence-electron chi connectivity index (χ3n) is 5.08. The second kappa shape index (κ2) is 8.86. The van der Waals surface area contributed by atoms with E-state index in [0.29, 0.717) is 24.6 Å². The van der Waals surface area contributed by atoms with Crippen LogP contribution in [0.1, 0.15) is 37.8 Å². The van der Waals surface area contributed by atoms with Gasteiger partial charge in [0.2, 0.25) is 17.6 Å². The van der Waals surface area contributed by atoms with Crippen LogP contribution in [0, 0.1) is 5.92 Å². The summed E-state index contributed by atoms with van der Waals surface area (Å²) in [5.74, 6) is 0.977. The van der Waals surface area contributed by atoms with Crippen molar-refractivity contribution < 1.29 is 9.32 Å². The molecule has 152 valence electrons. The van der Waals surface area contributed by atoms with Crippen molar-refractivity contribution >= 4 is 16.7 Å². The lowest BCUT2D eigenvalue weighted by molar-refractivity contribution is -0.122. The molecule has 1 N–H and O–H groups in total. The number of fused-ring (bicyclic) bond motifs is 1. The first-order valence-corrected chi connectivity index (χ1v) is 10.1. The van der Waals surface area contributed by atoms with E-state index in [2.05, 4.69) is 50.8 Å². The summed E-state index contributed by atoms with van der Waals surface area (Å²) in [4.78, 5) is 21.1. The molecule has 2 aromatic carbocycles. The van der Waals surface area contributed by atoms with Crippen LogP contribution in [0.3, 0.4) is 0 Å². The normalized spacial score (nSPS) is 12.2. The Kier molecular flexibility index (Phi) is 5.84. The predicted octanol–water partition coefficient (Wildman–Crippen LogP) is 4.73. The molecule has 0 saturated carbocycles. The van der Waals surface area contributed by atoms with Crippen LogP contribution in [0.15, 0.2) is 71.5 Å². The molecule has 2 heterocycles. The lowest BCUT2D eigenvalue weighted by Crippen LogP contribution is -2.32. The van der Waals surface area contributed by atoms with Crippen LogP contribution >= 0.6 is 0 Å². The quantitative estimate of drug-likeness (QED) is 0.485. The van der Waals surface area contributed by atoms with Gasteiger partial charge in [-0.1, -0.05) is 61.5 Å². The van der Waals surface area contributed by atoms with Gasteiger partial charge in [-0.15, -0.1) is 0 Å². The molecule has 30 heavy (non-hydrogen) atoms. The number of carbonyl (C=O) groups excluding carboxylic acids is 1. The third kappa shape index (κ3) is 4.54. The SMILES string of the molecule is CC(C)C(NC(=O)CCc1ccc2ccccc2c1)c1nc(-c2ccncc2)no1. The number of nitrogens with zero attached hydrogens (tertiary/aromatic N) is 3. The number of carbonyl (C=O) groups is 1. The minimum Gasteiger partial charge on any atom is -0.344 e. The largest absolute Gasteiger partial charge is 0.344 e. The molecule has 0 fully saturated rings. The molecular weight excluding hydrogens is 376 g/mol. The lowest BCUT2D eigenvalue weighted by Gasteiger charge is -2.18. The van der Waals surface area contributed by atoms with Crippen molar-refractivity contribution in [1.29, 1.82) is 0 Å². The van der Waals surface area contributed by atoms with Gasteiger partial charge in [0.25, 0.3) is 0 Å². The predicted molar refractivity (Wildman–Crippen MR) is 116 cm³/mol. The highest BCUT2D eigenvalue weighted by atomic mass is 16.5. The van der Waals surface area contributed by atoms with E-state index in [1.54, 1.807) is 12.4 Å².